The number of sulfonamides is 1. The molecule has 5 aliphatic rings. The van der Waals surface area contributed by atoms with Crippen LogP contribution < -0.4 is 26.6 Å². The van der Waals surface area contributed by atoms with Crippen molar-refractivity contribution >= 4 is 51.3 Å². The summed E-state index contributed by atoms with van der Waals surface area (Å²) < 4.78 is 28.5. The lowest BCUT2D eigenvalue weighted by Crippen LogP contribution is -2.64. The SMILES string of the molecule is O=C(CNC(=O)c1cccc(NC2=NCCN2C2=NCCN2)c1)NC[C@H](NC(=O)[C@@H]1C2CCC(CC2)N1S(=O)(=O)c1ccccc1)C(=O)O. The van der Waals surface area contributed by atoms with Crippen molar-refractivity contribution < 1.29 is 32.7 Å². The number of carbonyl (C=O) groups excluding carboxylic acids is 3. The number of aliphatic imine (C=N–C) groups is 2. The fraction of sp³-hybridized carbons (Fsp3) is 0.438. The number of benzene rings is 2. The van der Waals surface area contributed by atoms with Crippen molar-refractivity contribution in [1.29, 1.82) is 0 Å². The highest BCUT2D eigenvalue weighted by atomic mass is 32.2. The Kier molecular flexibility index (Phi) is 10.1. The molecule has 0 unspecified atom stereocenters. The molecule has 2 aromatic carbocycles. The number of aliphatic carboxylic acids is 1. The van der Waals surface area contributed by atoms with Crippen molar-refractivity contribution in [2.24, 2.45) is 15.9 Å². The van der Waals surface area contributed by atoms with Gasteiger partial charge in [0.25, 0.3) is 5.91 Å². The second-order valence-corrected chi connectivity index (χ2v) is 14.1. The van der Waals surface area contributed by atoms with Gasteiger partial charge in [-0.1, -0.05) is 24.3 Å². The fourth-order valence-electron chi connectivity index (χ4n) is 6.69. The minimum atomic E-state index is -4.03. The van der Waals surface area contributed by atoms with Gasteiger partial charge >= 0.3 is 5.97 Å². The van der Waals surface area contributed by atoms with E-state index in [1.54, 1.807) is 42.5 Å². The zero-order chi connectivity index (χ0) is 34.5. The van der Waals surface area contributed by atoms with E-state index in [0.29, 0.717) is 57.0 Å². The summed E-state index contributed by atoms with van der Waals surface area (Å²) in [7, 11) is -4.03. The lowest BCUT2D eigenvalue weighted by molar-refractivity contribution is -0.143. The molecule has 2 bridgehead atoms. The van der Waals surface area contributed by atoms with Crippen molar-refractivity contribution in [2.45, 2.75) is 48.7 Å². The van der Waals surface area contributed by atoms with Crippen LogP contribution >= 0.6 is 0 Å². The van der Waals surface area contributed by atoms with Crippen LogP contribution in [-0.4, -0.2) is 116 Å². The van der Waals surface area contributed by atoms with Crippen molar-refractivity contribution in [2.75, 3.05) is 44.6 Å². The molecule has 2 saturated heterocycles. The molecule has 260 valence electrons. The number of amides is 3. The number of guanidine groups is 2. The molecule has 2 atom stereocenters. The van der Waals surface area contributed by atoms with E-state index in [1.165, 1.54) is 16.4 Å². The number of carboxylic acid groups (broad SMARTS) is 1. The first-order valence-corrected chi connectivity index (χ1v) is 17.7. The molecule has 16 nitrogen and oxygen atoms in total. The van der Waals surface area contributed by atoms with Crippen molar-refractivity contribution in [3.05, 3.63) is 60.2 Å². The summed E-state index contributed by atoms with van der Waals surface area (Å²) in [5.74, 6) is -2.24. The van der Waals surface area contributed by atoms with E-state index in [2.05, 4.69) is 36.6 Å². The van der Waals surface area contributed by atoms with Crippen LogP contribution in [0.3, 0.4) is 0 Å². The van der Waals surface area contributed by atoms with Gasteiger partial charge in [0, 0.05) is 36.9 Å². The van der Waals surface area contributed by atoms with Gasteiger partial charge in [0.15, 0.2) is 0 Å². The molecule has 3 amide bonds. The Morgan fingerprint density at radius 1 is 0.959 bits per heavy atom. The first-order valence-electron chi connectivity index (χ1n) is 16.3. The van der Waals surface area contributed by atoms with Gasteiger partial charge in [-0.25, -0.2) is 13.2 Å². The summed E-state index contributed by atoms with van der Waals surface area (Å²) in [6, 6.07) is 11.6. The number of piperidine rings is 2. The van der Waals surface area contributed by atoms with E-state index in [9.17, 15) is 32.7 Å². The molecule has 0 radical (unpaired) electrons. The number of nitrogens with one attached hydrogen (secondary N) is 5. The number of nitrogens with zero attached hydrogens (tertiary/aromatic N) is 4. The van der Waals surface area contributed by atoms with Crippen LogP contribution in [0.25, 0.3) is 0 Å². The zero-order valence-electron chi connectivity index (χ0n) is 26.7. The second kappa shape index (κ2) is 14.6. The molecule has 3 fully saturated rings. The minimum absolute atomic E-state index is 0.0644. The average Bonchev–Trinajstić information content (AvgIpc) is 3.82. The highest BCUT2D eigenvalue weighted by molar-refractivity contribution is 7.89. The number of hydrogen-bond donors (Lipinski definition) is 6. The number of rotatable bonds is 11. The molecule has 0 aromatic heterocycles. The van der Waals surface area contributed by atoms with Gasteiger partial charge in [0.2, 0.25) is 33.8 Å². The molecule has 4 aliphatic heterocycles. The van der Waals surface area contributed by atoms with Crippen LogP contribution in [0.1, 0.15) is 36.0 Å². The van der Waals surface area contributed by atoms with Gasteiger partial charge in [0.05, 0.1) is 24.5 Å². The molecular formula is C32H39N9O7S. The summed E-state index contributed by atoms with van der Waals surface area (Å²) in [5.41, 5.74) is 0.898. The van der Waals surface area contributed by atoms with Gasteiger partial charge in [0.1, 0.15) is 12.1 Å². The highest BCUT2D eigenvalue weighted by Gasteiger charge is 2.51. The summed E-state index contributed by atoms with van der Waals surface area (Å²) in [4.78, 5) is 62.0. The Morgan fingerprint density at radius 3 is 2.45 bits per heavy atom. The maximum Gasteiger partial charge on any atom is 0.328 e. The maximum atomic E-state index is 13.6. The quantitative estimate of drug-likeness (QED) is 0.182. The number of anilines is 1. The fourth-order valence-corrected chi connectivity index (χ4v) is 8.60. The van der Waals surface area contributed by atoms with Crippen molar-refractivity contribution in [3.63, 3.8) is 0 Å². The molecule has 2 aromatic rings. The zero-order valence-corrected chi connectivity index (χ0v) is 27.5. The third-order valence-electron chi connectivity index (χ3n) is 9.07. The number of fused-ring (bicyclic) bond motifs is 3. The van der Waals surface area contributed by atoms with E-state index in [4.69, 9.17) is 0 Å². The van der Waals surface area contributed by atoms with Gasteiger partial charge < -0.3 is 31.7 Å². The maximum absolute atomic E-state index is 13.6. The van der Waals surface area contributed by atoms with Crippen LogP contribution in [0.15, 0.2) is 69.5 Å². The average molecular weight is 694 g/mol. The molecule has 0 spiro atoms. The second-order valence-electron chi connectivity index (χ2n) is 12.2. The smallest absolute Gasteiger partial charge is 0.328 e. The minimum Gasteiger partial charge on any atom is -0.480 e. The lowest BCUT2D eigenvalue weighted by Gasteiger charge is -2.49. The molecule has 1 saturated carbocycles. The number of carbonyl (C=O) groups is 4. The van der Waals surface area contributed by atoms with E-state index in [1.807, 2.05) is 4.90 Å². The third kappa shape index (κ3) is 7.51. The van der Waals surface area contributed by atoms with Crippen LogP contribution in [0.5, 0.6) is 0 Å². The summed E-state index contributed by atoms with van der Waals surface area (Å²) >= 11 is 0. The van der Waals surface area contributed by atoms with Crippen molar-refractivity contribution in [3.8, 4) is 0 Å². The predicted molar refractivity (Wildman–Crippen MR) is 179 cm³/mol. The topological polar surface area (TPSA) is 214 Å². The Balaban J connectivity index is 1.02. The Morgan fingerprint density at radius 2 is 1.73 bits per heavy atom. The molecule has 49 heavy (non-hydrogen) atoms. The van der Waals surface area contributed by atoms with Crippen LogP contribution in [0.2, 0.25) is 0 Å². The largest absolute Gasteiger partial charge is 0.480 e. The van der Waals surface area contributed by atoms with Crippen molar-refractivity contribution in [1.82, 2.24) is 30.5 Å². The molecule has 17 heteroatoms. The Labute approximate surface area is 283 Å². The van der Waals surface area contributed by atoms with Gasteiger partial charge in [-0.15, -0.1) is 0 Å². The van der Waals surface area contributed by atoms with Crippen LogP contribution in [-0.2, 0) is 24.4 Å². The highest BCUT2D eigenvalue weighted by Crippen LogP contribution is 2.42. The molecule has 1 aliphatic carbocycles. The summed E-state index contributed by atoms with van der Waals surface area (Å²) in [6.45, 7) is 1.80. The molecule has 7 rings (SSSR count). The van der Waals surface area contributed by atoms with E-state index in [0.717, 1.165) is 12.5 Å². The van der Waals surface area contributed by atoms with E-state index in [-0.39, 0.29) is 22.4 Å². The standard InChI is InChI=1S/C32H39N9O7S/c42-26(19-37-28(43)21-5-4-6-22(17-21)38-32-35-15-16-40(32)31-33-13-14-34-31)36-18-25(30(45)46)39-29(44)27-20-9-11-23(12-10-20)41(27)49(47,48)24-7-2-1-3-8-24/h1-8,17,20,23,25,27H,9-16,18-19H2,(H,33,34)(H,35,38)(H,36,42)(H,37,43)(H,39,44)(H,45,46)/t20?,23?,25-,27-/m0/s1. The Bertz CT molecular complexity index is 1760. The monoisotopic (exact) mass is 693 g/mol. The van der Waals surface area contributed by atoms with Crippen LogP contribution in [0.4, 0.5) is 5.69 Å². The van der Waals surface area contributed by atoms with Crippen LogP contribution in [0, 0.1) is 5.92 Å². The van der Waals surface area contributed by atoms with Gasteiger partial charge in [-0.3, -0.25) is 29.3 Å². The van der Waals surface area contributed by atoms with Gasteiger partial charge in [-0.05, 0) is 61.9 Å². The first kappa shape index (κ1) is 33.9. The predicted octanol–water partition coefficient (Wildman–Crippen LogP) is -0.223. The number of carboxylic acids is 1. The normalized spacial score (nSPS) is 22.4. The van der Waals surface area contributed by atoms with E-state index >= 15 is 0 Å². The Hall–Kier alpha value is -5.03. The molecular weight excluding hydrogens is 654 g/mol. The lowest BCUT2D eigenvalue weighted by atomic mass is 9.76. The van der Waals surface area contributed by atoms with E-state index < -0.39 is 58.9 Å². The van der Waals surface area contributed by atoms with Gasteiger partial charge in [-0.2, -0.15) is 4.31 Å². The first-order chi connectivity index (χ1) is 23.6. The molecule has 6 N–H and O–H groups in total. The summed E-state index contributed by atoms with van der Waals surface area (Å²) in [6.07, 6.45) is 2.54. The third-order valence-corrected chi connectivity index (χ3v) is 11.0. The summed E-state index contributed by atoms with van der Waals surface area (Å²) in [5, 5.41) is 23.7. The number of hydrogen-bond acceptors (Lipinski definition) is 11. The molecule has 4 heterocycles.